The molecule has 14 heteroatoms. The van der Waals surface area contributed by atoms with E-state index < -0.39 is 54.3 Å². The molecule has 15 rings (SSSR count). The minimum absolute atomic E-state index is 0.00910. The number of rotatable bonds is 3. The third kappa shape index (κ3) is 6.50. The van der Waals surface area contributed by atoms with Crippen molar-refractivity contribution in [3.8, 4) is 29.3 Å². The van der Waals surface area contributed by atoms with E-state index in [1.807, 2.05) is 24.4 Å². The van der Waals surface area contributed by atoms with E-state index in [1.54, 1.807) is 19.2 Å². The van der Waals surface area contributed by atoms with Crippen LogP contribution in [0.1, 0.15) is 141 Å². The Hall–Kier alpha value is -6.44. The van der Waals surface area contributed by atoms with Crippen LogP contribution in [-0.2, 0) is 45.4 Å². The van der Waals surface area contributed by atoms with Gasteiger partial charge >= 0.3 is 0 Å². The van der Waals surface area contributed by atoms with Crippen LogP contribution >= 0.6 is 0 Å². The molecular formula is C62H60N2O12. The normalized spacial score (nSPS) is 33.9. The minimum Gasteiger partial charge on any atom is -0.506 e. The van der Waals surface area contributed by atoms with Crippen LogP contribution in [-0.4, -0.2) is 110 Å². The van der Waals surface area contributed by atoms with Crippen LogP contribution in [0.3, 0.4) is 0 Å². The zero-order chi connectivity index (χ0) is 51.6. The second-order valence-corrected chi connectivity index (χ2v) is 23.4. The van der Waals surface area contributed by atoms with Gasteiger partial charge in [0, 0.05) is 63.5 Å². The van der Waals surface area contributed by atoms with Crippen molar-refractivity contribution < 1.29 is 58.8 Å². The highest BCUT2D eigenvalue weighted by atomic mass is 16.7. The molecule has 0 radical (unpaired) electrons. The number of allylic oxidation sites excluding steroid dienone is 3. The highest BCUT2D eigenvalue weighted by molar-refractivity contribution is 6.17. The van der Waals surface area contributed by atoms with Crippen LogP contribution in [0, 0.1) is 23.9 Å². The Balaban J connectivity index is 0.967. The number of phenolic OH excluding ortho intramolecular Hbond substituents is 1. The Kier molecular flexibility index (Phi) is 10.3. The van der Waals surface area contributed by atoms with Crippen molar-refractivity contribution in [2.75, 3.05) is 26.9 Å². The lowest BCUT2D eigenvalue weighted by molar-refractivity contribution is -0.328. The van der Waals surface area contributed by atoms with Gasteiger partial charge < -0.3 is 59.1 Å². The largest absolute Gasteiger partial charge is 0.506 e. The number of carbonyl (C=O) groups excluding carboxylic acids is 2. The average molecular weight is 1030 g/mol. The Bertz CT molecular complexity index is 3560. The Morgan fingerprint density at radius 3 is 2.74 bits per heavy atom. The van der Waals surface area contributed by atoms with Crippen molar-refractivity contribution in [3.05, 3.63) is 122 Å². The van der Waals surface area contributed by atoms with Crippen LogP contribution in [0.15, 0.2) is 60.8 Å². The molecule has 6 N–H and O–H groups in total. The van der Waals surface area contributed by atoms with Crippen molar-refractivity contribution in [2.45, 2.75) is 137 Å². The first-order valence-electron chi connectivity index (χ1n) is 27.3. The first-order valence-corrected chi connectivity index (χ1v) is 27.3. The molecule has 6 aliphatic carbocycles. The summed E-state index contributed by atoms with van der Waals surface area (Å²) in [7, 11) is 1.59. The molecule has 1 saturated heterocycles. The molecule has 4 aromatic carbocycles. The molecular weight excluding hydrogens is 965 g/mol. The number of nitrogens with one attached hydrogen (secondary N) is 1. The van der Waals surface area contributed by atoms with Crippen molar-refractivity contribution >= 4 is 45.0 Å². The number of aromatic nitrogens is 1. The molecule has 14 nitrogen and oxygen atoms in total. The number of fused-ring (bicyclic) bond motifs is 11. The molecule has 2 saturated carbocycles. The number of Topliss-reactive ketones (excluding diaryl/α,β-unsaturated/α-hetero) is 1. The zero-order valence-corrected chi connectivity index (χ0v) is 42.3. The highest BCUT2D eigenvalue weighted by Crippen LogP contribution is 2.61. The monoisotopic (exact) mass is 1020 g/mol. The van der Waals surface area contributed by atoms with E-state index in [0.29, 0.717) is 41.5 Å². The third-order valence-electron chi connectivity index (χ3n) is 19.6. The summed E-state index contributed by atoms with van der Waals surface area (Å²) in [6.45, 7) is -1.38. The number of hydrogen-bond acceptors (Lipinski definition) is 12. The molecule has 4 aliphatic heterocycles. The molecule has 5 aromatic rings. The first kappa shape index (κ1) is 46.8. The number of ether oxygens (including phenoxy) is 5. The predicted octanol–water partition coefficient (Wildman–Crippen LogP) is 7.65. The lowest BCUT2D eigenvalue weighted by Crippen LogP contribution is -2.70. The molecule has 0 unspecified atom stereocenters. The van der Waals surface area contributed by atoms with E-state index in [-0.39, 0.29) is 77.6 Å². The second-order valence-electron chi connectivity index (χ2n) is 23.4. The Morgan fingerprint density at radius 1 is 0.974 bits per heavy atom. The molecule has 5 heterocycles. The number of aliphatic hydroxyl groups is 4. The number of aromatic hydroxyl groups is 1. The fourth-order valence-electron chi connectivity index (χ4n) is 15.9. The number of amides is 1. The molecule has 8 bridgehead atoms. The Labute approximate surface area is 438 Å². The summed E-state index contributed by atoms with van der Waals surface area (Å²) in [4.78, 5) is 34.8. The maximum absolute atomic E-state index is 15.5. The van der Waals surface area contributed by atoms with Gasteiger partial charge in [0.2, 0.25) is 6.29 Å². The minimum atomic E-state index is -2.47. The number of aromatic amines is 1. The van der Waals surface area contributed by atoms with Gasteiger partial charge in [-0.2, -0.15) is 0 Å². The van der Waals surface area contributed by atoms with Crippen LogP contribution in [0.5, 0.6) is 17.2 Å². The van der Waals surface area contributed by atoms with Crippen molar-refractivity contribution in [3.63, 3.8) is 0 Å². The number of aliphatic hydroxyl groups excluding tert-OH is 2. The highest BCUT2D eigenvalue weighted by Gasteiger charge is 2.59. The van der Waals surface area contributed by atoms with Gasteiger partial charge in [-0.15, -0.1) is 0 Å². The molecule has 1 aromatic heterocycles. The van der Waals surface area contributed by atoms with E-state index in [9.17, 15) is 30.3 Å². The van der Waals surface area contributed by atoms with Crippen LogP contribution in [0.2, 0.25) is 0 Å². The SMILES string of the molecule is COc1c2c3c4c(O)c(c5c6c4c1CCC6=C[C@@H]1CCC[C@H]51)C(=O)CN1Cc4c(cccc4C1=O)CC#CO[C@H]1[C@H](O)[C@@H](CO[C@@H](c4c[nH]c5cc6c(cc45)[C@]4(C=C[C@H]5CCC[C@@]5(O)C4)CC6)/C=C/2)O[C@H](O3)[C@@]1(O)CO. The number of nitrogens with zero attached hydrogens (tertiary/aromatic N) is 1. The number of methoxy groups -OCH3 is 1. The topological polar surface area (TPSA) is 200 Å². The average Bonchev–Trinajstić information content (AvgIpc) is 4.37. The van der Waals surface area contributed by atoms with E-state index in [0.717, 1.165) is 101 Å². The molecule has 1 amide bonds. The quantitative estimate of drug-likeness (QED) is 0.0763. The maximum atomic E-state index is 15.5. The number of benzene rings is 4. The smallest absolute Gasteiger partial charge is 0.254 e. The molecule has 3 fully saturated rings. The lowest BCUT2D eigenvalue weighted by Gasteiger charge is -2.47. The van der Waals surface area contributed by atoms with Gasteiger partial charge in [0.1, 0.15) is 41.7 Å². The molecule has 1 spiro atoms. The third-order valence-corrected chi connectivity index (χ3v) is 19.6. The van der Waals surface area contributed by atoms with Gasteiger partial charge in [-0.05, 0) is 139 Å². The van der Waals surface area contributed by atoms with Gasteiger partial charge in [0.25, 0.3) is 5.91 Å². The first-order chi connectivity index (χ1) is 36.9. The molecule has 390 valence electrons. The summed E-state index contributed by atoms with van der Waals surface area (Å²) in [5.74, 6) is 2.71. The number of carbonyl (C=O) groups is 2. The molecule has 10 aliphatic rings. The number of aryl methyl sites for hydroxylation is 2. The van der Waals surface area contributed by atoms with E-state index in [4.69, 9.17) is 23.7 Å². The summed E-state index contributed by atoms with van der Waals surface area (Å²) in [5, 5.41) is 63.6. The summed E-state index contributed by atoms with van der Waals surface area (Å²) >= 11 is 0. The fraction of sp³-hybridized carbons (Fsp3) is 0.452. The fourth-order valence-corrected chi connectivity index (χ4v) is 15.9. The summed E-state index contributed by atoms with van der Waals surface area (Å²) in [5.41, 5.74) is 6.54. The number of H-pyrrole nitrogens is 1. The number of hydrogen-bond donors (Lipinski definition) is 6. The van der Waals surface area contributed by atoms with Gasteiger partial charge in [0.15, 0.2) is 17.5 Å². The molecule has 76 heavy (non-hydrogen) atoms. The van der Waals surface area contributed by atoms with E-state index in [1.165, 1.54) is 16.0 Å². The van der Waals surface area contributed by atoms with Gasteiger partial charge in [0.05, 0.1) is 49.0 Å². The summed E-state index contributed by atoms with van der Waals surface area (Å²) in [6, 6.07) is 9.85. The van der Waals surface area contributed by atoms with Gasteiger partial charge in [-0.1, -0.05) is 48.8 Å². The van der Waals surface area contributed by atoms with E-state index >= 15 is 4.79 Å². The van der Waals surface area contributed by atoms with Crippen LogP contribution in [0.25, 0.3) is 33.3 Å². The number of ketones is 1. The number of phenols is 1. The standard InChI is InChI=1S/C62H60N2O12/c1-72-55-38-13-12-34-22-32-7-3-10-36(32)49-48(34)50(38)52-54(68)51(49)45(66)27-64-26-42-31(6-2-11-37(42)58(64)69)8-5-21-73-57-53(67)47-28-74-46(15-14-39(55)56(52)76-59(75-47)62(57,71)30-65)41-25-63-44-23-33-16-19-60(43(33)24-40(41)44)20-17-35-9-4-18-61(35,70)29-60/h2,6,11,14-15,17,20,22-25,32,35-36,46-47,53,57,59,63,65,67-68,70-71H,3-4,7-10,12-13,16,18-19,26-30H2,1H3/b15-14+/t32-,35+,36-,46+,47+,53+,57-,59+,60-,61+,62+/m0/s1. The summed E-state index contributed by atoms with van der Waals surface area (Å²) < 4.78 is 33.2. The predicted molar refractivity (Wildman–Crippen MR) is 280 cm³/mol. The van der Waals surface area contributed by atoms with Crippen molar-refractivity contribution in [2.24, 2.45) is 11.8 Å². The van der Waals surface area contributed by atoms with Crippen molar-refractivity contribution in [1.29, 1.82) is 0 Å². The zero-order valence-electron chi connectivity index (χ0n) is 42.3. The van der Waals surface area contributed by atoms with Crippen LogP contribution < -0.4 is 9.47 Å². The Morgan fingerprint density at radius 2 is 1.87 bits per heavy atom. The van der Waals surface area contributed by atoms with Gasteiger partial charge in [-0.25, -0.2) is 0 Å². The second kappa shape index (κ2) is 16.8. The lowest BCUT2D eigenvalue weighted by atomic mass is 9.65. The molecule has 11 atom stereocenters. The summed E-state index contributed by atoms with van der Waals surface area (Å²) in [6.07, 6.45) is 17.5. The van der Waals surface area contributed by atoms with E-state index in [2.05, 4.69) is 47.4 Å². The van der Waals surface area contributed by atoms with Crippen LogP contribution in [0.4, 0.5) is 0 Å². The van der Waals surface area contributed by atoms with Crippen molar-refractivity contribution in [1.82, 2.24) is 9.88 Å². The maximum Gasteiger partial charge on any atom is 0.254 e. The van der Waals surface area contributed by atoms with Gasteiger partial charge in [-0.3, -0.25) is 9.59 Å².